The first kappa shape index (κ1) is 82.5. The number of carboxylic acid groups (broad SMARTS) is 3. The molecule has 12 heterocycles. The maximum absolute atomic E-state index is 14.3. The van der Waals surface area contributed by atoms with E-state index in [-0.39, 0.29) is 30.5 Å². The van der Waals surface area contributed by atoms with Crippen LogP contribution in [0.15, 0.2) is 91.0 Å². The average Bonchev–Trinajstić information content (AvgIpc) is 1.79. The molecule has 0 bridgehead atoms. The van der Waals surface area contributed by atoms with Gasteiger partial charge in [-0.1, -0.05) is 36.4 Å². The van der Waals surface area contributed by atoms with Gasteiger partial charge in [0, 0.05) is 116 Å². The highest BCUT2D eigenvalue weighted by Crippen LogP contribution is 2.42. The number of nitrogens with one attached hydrogen (secondary N) is 3. The lowest BCUT2D eigenvalue weighted by Gasteiger charge is -2.30. The number of carboxylic acids is 3. The number of fused-ring (bicyclic) bond motifs is 3. The Balaban J connectivity index is 0.000000148. The minimum atomic E-state index is -0.938. The molecule has 0 aliphatic carbocycles. The molecule has 604 valence electrons. The number of aromatic nitrogens is 3. The Morgan fingerprint density at radius 3 is 1.35 bits per heavy atom. The van der Waals surface area contributed by atoms with E-state index in [0.717, 1.165) is 236 Å². The second-order valence-corrected chi connectivity index (χ2v) is 31.8. The van der Waals surface area contributed by atoms with Gasteiger partial charge in [0.25, 0.3) is 0 Å². The van der Waals surface area contributed by atoms with Crippen LogP contribution in [0.3, 0.4) is 0 Å². The number of aliphatic carboxylic acids is 3. The highest BCUT2D eigenvalue weighted by Gasteiger charge is 2.40. The standard InChI is InChI=1S/2C30H38N4O4.C29H38FN3O4/c2*31-19-21-9-12-25(26(18-21)27-8-2-4-17-38-27)28(30(35)36)34-15-13-24(20-34)37-16-3-1-7-23-11-10-22-6-5-14-32-29(22)33-23;30-22-7-9-24(26-5-1-2-15-37-26)25(18-22)27(29(34)35)33-14-10-20(19-33)11-16-36-17-12-23-8-6-21-4-3-13-31-28(21)32-23/h2*9-12,18,24,27-28H,1-8,13-17,20H2,(H,32,33)(H,35,36);6-9,18,20,26-27H,1-5,10-17,19H2,(H,31,32)(H,34,35)/t24-,27?,28+;24-,27?,28-;20-,26-,27+/m110/s1. The number of nitrogens with zero attached hydrogens (tertiary/aromatic N) is 8. The first-order valence-electron chi connectivity index (χ1n) is 41.9. The SMILES string of the molecule is N#Cc1ccc([C@@H](C(=O)O)N2CC[C@@H](OCCCCc3ccc4c(n3)NCCC4)C2)c(C2CCCCO2)c1.N#Cc1ccc([C@H](C(=O)O)N2CC[C@@H](OCCCCc3ccc4c(n3)NCCC4)C2)c(C2CCCCO2)c1.O=C(O)[C@@H](c1cc(F)ccc1[C@@H]1CCCCO1)N1CC[C@@H](CCOCCc2ccc3c(n2)NCCC3)C1. The van der Waals surface area contributed by atoms with Crippen LogP contribution in [-0.2, 0) is 81.3 Å². The number of benzene rings is 3. The van der Waals surface area contributed by atoms with Gasteiger partial charge in [-0.25, -0.2) is 19.3 Å². The number of rotatable bonds is 30. The van der Waals surface area contributed by atoms with Crippen molar-refractivity contribution in [2.75, 3.05) is 121 Å². The maximum Gasteiger partial charge on any atom is 0.325 e. The lowest BCUT2D eigenvalue weighted by Crippen LogP contribution is -2.34. The number of anilines is 3. The topological polar surface area (TPSA) is 299 Å². The molecule has 6 aromatic rings. The molecule has 23 nitrogen and oxygen atoms in total. The van der Waals surface area contributed by atoms with Gasteiger partial charge in [0.1, 0.15) is 41.4 Å². The molecule has 24 heteroatoms. The summed E-state index contributed by atoms with van der Waals surface area (Å²) >= 11 is 0. The van der Waals surface area contributed by atoms with E-state index in [4.69, 9.17) is 43.4 Å². The van der Waals surface area contributed by atoms with Crippen LogP contribution < -0.4 is 16.0 Å². The predicted octanol–water partition coefficient (Wildman–Crippen LogP) is 14.5. The second-order valence-electron chi connectivity index (χ2n) is 31.8. The molecule has 113 heavy (non-hydrogen) atoms. The first-order valence-corrected chi connectivity index (χ1v) is 41.9. The molecule has 6 saturated heterocycles. The molecule has 9 aliphatic heterocycles. The van der Waals surface area contributed by atoms with Crippen LogP contribution in [-0.4, -0.2) is 180 Å². The number of hydrogen-bond donors (Lipinski definition) is 6. The van der Waals surface area contributed by atoms with E-state index in [2.05, 4.69) is 64.5 Å². The molecule has 9 atom stereocenters. The summed E-state index contributed by atoms with van der Waals surface area (Å²) in [5, 5.41) is 59.7. The van der Waals surface area contributed by atoms with Crippen molar-refractivity contribution < 1.29 is 62.5 Å². The van der Waals surface area contributed by atoms with Crippen molar-refractivity contribution >= 4 is 35.4 Å². The van der Waals surface area contributed by atoms with Gasteiger partial charge in [-0.15, -0.1) is 0 Å². The van der Waals surface area contributed by atoms with Gasteiger partial charge in [-0.05, 0) is 278 Å². The zero-order chi connectivity index (χ0) is 78.3. The van der Waals surface area contributed by atoms with Crippen LogP contribution in [0.25, 0.3) is 0 Å². The minimum Gasteiger partial charge on any atom is -0.480 e. The van der Waals surface area contributed by atoms with Gasteiger partial charge in [-0.2, -0.15) is 10.5 Å². The fraction of sp³-hybridized carbons (Fsp3) is 0.573. The Morgan fingerprint density at radius 1 is 0.469 bits per heavy atom. The van der Waals surface area contributed by atoms with Crippen LogP contribution >= 0.6 is 0 Å². The van der Waals surface area contributed by atoms with Crippen molar-refractivity contribution in [3.8, 4) is 12.1 Å². The van der Waals surface area contributed by atoms with Crippen LogP contribution in [0.2, 0.25) is 0 Å². The Hall–Kier alpha value is -8.53. The van der Waals surface area contributed by atoms with E-state index < -0.39 is 41.9 Å². The zero-order valence-electron chi connectivity index (χ0n) is 65.5. The predicted molar refractivity (Wildman–Crippen MR) is 427 cm³/mol. The highest BCUT2D eigenvalue weighted by atomic mass is 19.1. The summed E-state index contributed by atoms with van der Waals surface area (Å²) in [6, 6.07) is 30.1. The van der Waals surface area contributed by atoms with Gasteiger partial charge in [0.15, 0.2) is 0 Å². The summed E-state index contributed by atoms with van der Waals surface area (Å²) in [6.07, 6.45) is 25.0. The van der Waals surface area contributed by atoms with E-state index in [9.17, 15) is 44.6 Å². The Bertz CT molecular complexity index is 4050. The van der Waals surface area contributed by atoms with Gasteiger partial charge in [0.2, 0.25) is 0 Å². The minimum absolute atomic E-state index is 0.0238. The normalized spacial score (nSPS) is 22.5. The van der Waals surface area contributed by atoms with Gasteiger partial charge in [0.05, 0.1) is 60.4 Å². The first-order chi connectivity index (χ1) is 55.3. The summed E-state index contributed by atoms with van der Waals surface area (Å²) < 4.78 is 50.5. The van der Waals surface area contributed by atoms with Crippen LogP contribution in [0.5, 0.6) is 0 Å². The number of unbranched alkanes of at least 4 members (excludes halogenated alkanes) is 2. The third-order valence-electron chi connectivity index (χ3n) is 23.8. The third kappa shape index (κ3) is 22.5. The molecule has 0 radical (unpaired) electrons. The number of hydrogen-bond acceptors (Lipinski definition) is 20. The number of pyridine rings is 3. The van der Waals surface area contributed by atoms with Gasteiger partial charge >= 0.3 is 17.9 Å². The molecule has 3 aromatic carbocycles. The molecular formula is C89H114FN11O12. The van der Waals surface area contributed by atoms with Gasteiger partial charge in [-0.3, -0.25) is 29.1 Å². The molecule has 6 fully saturated rings. The van der Waals surface area contributed by atoms with E-state index in [1.165, 1.54) is 41.7 Å². The molecule has 0 amide bonds. The molecule has 2 unspecified atom stereocenters. The van der Waals surface area contributed by atoms with Crippen molar-refractivity contribution in [2.24, 2.45) is 5.92 Å². The summed E-state index contributed by atoms with van der Waals surface area (Å²) in [5.41, 5.74) is 12.7. The number of nitriles is 2. The van der Waals surface area contributed by atoms with E-state index >= 15 is 0 Å². The molecular weight excluding hydrogens is 1430 g/mol. The van der Waals surface area contributed by atoms with Gasteiger partial charge < -0.3 is 59.7 Å². The Morgan fingerprint density at radius 2 is 0.903 bits per heavy atom. The molecule has 0 saturated carbocycles. The van der Waals surface area contributed by atoms with E-state index in [0.29, 0.717) is 108 Å². The lowest BCUT2D eigenvalue weighted by molar-refractivity contribution is -0.144. The van der Waals surface area contributed by atoms with Crippen LogP contribution in [0, 0.1) is 34.4 Å². The smallest absolute Gasteiger partial charge is 0.325 e. The molecule has 9 aliphatic rings. The summed E-state index contributed by atoms with van der Waals surface area (Å²) in [4.78, 5) is 57.7. The van der Waals surface area contributed by atoms with Crippen molar-refractivity contribution in [1.82, 2.24) is 29.7 Å². The quantitative estimate of drug-likeness (QED) is 0.0228. The number of carbonyl (C=O) groups is 3. The molecule has 15 rings (SSSR count). The molecule has 3 aromatic heterocycles. The van der Waals surface area contributed by atoms with Crippen molar-refractivity contribution in [3.63, 3.8) is 0 Å². The summed E-state index contributed by atoms with van der Waals surface area (Å²) in [7, 11) is 0. The average molecular weight is 1550 g/mol. The van der Waals surface area contributed by atoms with Crippen LogP contribution in [0.4, 0.5) is 21.8 Å². The summed E-state index contributed by atoms with van der Waals surface area (Å²) in [6.45, 7) is 11.4. The van der Waals surface area contributed by atoms with E-state index in [1.54, 1.807) is 18.2 Å². The zero-order valence-corrected chi connectivity index (χ0v) is 65.5. The van der Waals surface area contributed by atoms with Crippen molar-refractivity contribution in [3.05, 3.63) is 175 Å². The van der Waals surface area contributed by atoms with Crippen molar-refractivity contribution in [2.45, 2.75) is 216 Å². The highest BCUT2D eigenvalue weighted by molar-refractivity contribution is 5.78. The number of likely N-dealkylation sites (tertiary alicyclic amines) is 3. The Labute approximate surface area is 664 Å². The number of ether oxygens (including phenoxy) is 6. The lowest BCUT2D eigenvalue weighted by atomic mass is 9.90. The monoisotopic (exact) mass is 1550 g/mol. The van der Waals surface area contributed by atoms with Crippen molar-refractivity contribution in [1.29, 1.82) is 10.5 Å². The largest absolute Gasteiger partial charge is 0.480 e. The second kappa shape index (κ2) is 41.7. The fourth-order valence-corrected chi connectivity index (χ4v) is 17.8. The maximum atomic E-state index is 14.3. The summed E-state index contributed by atoms with van der Waals surface area (Å²) in [5.74, 6) is 0.365. The fourth-order valence-electron chi connectivity index (χ4n) is 17.8. The molecule has 6 N–H and O–H groups in total. The third-order valence-corrected chi connectivity index (χ3v) is 23.8. The molecule has 0 spiro atoms. The Kier molecular flexibility index (Phi) is 30.4. The van der Waals surface area contributed by atoms with E-state index in [1.807, 2.05) is 39.0 Å². The number of aryl methyl sites for hydroxylation is 5. The number of halogens is 1. The van der Waals surface area contributed by atoms with Crippen LogP contribution in [0.1, 0.15) is 243 Å².